The number of aryl methyl sites for hydroxylation is 1. The zero-order chi connectivity index (χ0) is 12.4. The summed E-state index contributed by atoms with van der Waals surface area (Å²) in [6.07, 6.45) is 0. The van der Waals surface area contributed by atoms with Crippen LogP contribution >= 0.6 is 27.5 Å². The third kappa shape index (κ3) is 2.89. The first-order chi connectivity index (χ1) is 8.08. The molecule has 0 bridgehead atoms. The normalized spacial score (nSPS) is 12.5. The maximum Gasteiger partial charge on any atom is 0.0552 e. The zero-order valence-electron chi connectivity index (χ0n) is 9.45. The molecule has 1 nitrogen and oxygen atoms in total. The van der Waals surface area contributed by atoms with Gasteiger partial charge in [-0.3, -0.25) is 0 Å². The third-order valence-electron chi connectivity index (χ3n) is 2.78. The van der Waals surface area contributed by atoms with Crippen molar-refractivity contribution in [3.8, 4) is 0 Å². The summed E-state index contributed by atoms with van der Waals surface area (Å²) in [5.74, 6) is 0. The van der Waals surface area contributed by atoms with Crippen molar-refractivity contribution in [2.45, 2.75) is 13.0 Å². The van der Waals surface area contributed by atoms with Gasteiger partial charge in [0.1, 0.15) is 0 Å². The van der Waals surface area contributed by atoms with Gasteiger partial charge in [-0.15, -0.1) is 0 Å². The van der Waals surface area contributed by atoms with Gasteiger partial charge in [-0.25, -0.2) is 0 Å². The molecule has 0 radical (unpaired) electrons. The molecule has 1 atom stereocenters. The second kappa shape index (κ2) is 5.21. The van der Waals surface area contributed by atoms with E-state index in [0.717, 1.165) is 20.6 Å². The third-order valence-corrected chi connectivity index (χ3v) is 3.89. The summed E-state index contributed by atoms with van der Waals surface area (Å²) in [5, 5.41) is 0.728. The van der Waals surface area contributed by atoms with Crippen LogP contribution in [0.15, 0.2) is 46.9 Å². The van der Waals surface area contributed by atoms with Gasteiger partial charge in [0.2, 0.25) is 0 Å². The molecule has 1 unspecified atom stereocenters. The molecule has 2 aromatic rings. The Morgan fingerprint density at radius 1 is 1.06 bits per heavy atom. The Labute approximate surface area is 115 Å². The fraction of sp³-hybridized carbons (Fsp3) is 0.143. The summed E-state index contributed by atoms with van der Waals surface area (Å²) in [5.41, 5.74) is 9.58. The molecule has 0 aromatic heterocycles. The Morgan fingerprint density at radius 3 is 2.24 bits per heavy atom. The van der Waals surface area contributed by atoms with Gasteiger partial charge < -0.3 is 5.73 Å². The van der Waals surface area contributed by atoms with Crippen molar-refractivity contribution >= 4 is 27.5 Å². The fourth-order valence-electron chi connectivity index (χ4n) is 1.67. The van der Waals surface area contributed by atoms with E-state index in [0.29, 0.717) is 0 Å². The Kier molecular flexibility index (Phi) is 3.87. The highest BCUT2D eigenvalue weighted by molar-refractivity contribution is 9.10. The molecule has 0 fully saturated rings. The monoisotopic (exact) mass is 309 g/mol. The van der Waals surface area contributed by atoms with E-state index in [1.54, 1.807) is 0 Å². The summed E-state index contributed by atoms with van der Waals surface area (Å²) >= 11 is 9.38. The largest absolute Gasteiger partial charge is 0.320 e. The smallest absolute Gasteiger partial charge is 0.0552 e. The molecule has 2 aromatic carbocycles. The van der Waals surface area contributed by atoms with Crippen molar-refractivity contribution < 1.29 is 0 Å². The van der Waals surface area contributed by atoms with Crippen LogP contribution in [0.3, 0.4) is 0 Å². The average Bonchev–Trinajstić information content (AvgIpc) is 2.33. The minimum absolute atomic E-state index is 0.121. The number of rotatable bonds is 2. The first-order valence-electron chi connectivity index (χ1n) is 5.35. The van der Waals surface area contributed by atoms with E-state index < -0.39 is 0 Å². The Balaban J connectivity index is 2.33. The molecule has 2 rings (SSSR count). The molecule has 0 spiro atoms. The molecule has 2 N–H and O–H groups in total. The topological polar surface area (TPSA) is 26.0 Å². The van der Waals surface area contributed by atoms with Gasteiger partial charge in [0.15, 0.2) is 0 Å². The van der Waals surface area contributed by atoms with E-state index in [4.69, 9.17) is 17.3 Å². The van der Waals surface area contributed by atoms with Gasteiger partial charge >= 0.3 is 0 Å². The molecule has 3 heteroatoms. The maximum absolute atomic E-state index is 6.22. The van der Waals surface area contributed by atoms with Crippen LogP contribution in [0.25, 0.3) is 0 Å². The van der Waals surface area contributed by atoms with Gasteiger partial charge in [-0.2, -0.15) is 0 Å². The van der Waals surface area contributed by atoms with Crippen LogP contribution in [0.5, 0.6) is 0 Å². The molecular formula is C14H13BrClN. The highest BCUT2D eigenvalue weighted by Crippen LogP contribution is 2.25. The summed E-state index contributed by atoms with van der Waals surface area (Å²) in [6.45, 7) is 2.06. The van der Waals surface area contributed by atoms with Crippen molar-refractivity contribution in [1.82, 2.24) is 0 Å². The van der Waals surface area contributed by atoms with Crippen LogP contribution in [0.1, 0.15) is 22.7 Å². The van der Waals surface area contributed by atoms with Crippen LogP contribution in [0, 0.1) is 6.92 Å². The number of benzene rings is 2. The second-order valence-corrected chi connectivity index (χ2v) is 5.33. The van der Waals surface area contributed by atoms with Gasteiger partial charge in [-0.05, 0) is 41.8 Å². The fourth-order valence-corrected chi connectivity index (χ4v) is 2.19. The van der Waals surface area contributed by atoms with E-state index in [1.807, 2.05) is 24.3 Å². The van der Waals surface area contributed by atoms with E-state index in [1.165, 1.54) is 5.56 Å². The summed E-state index contributed by atoms with van der Waals surface area (Å²) in [7, 11) is 0. The summed E-state index contributed by atoms with van der Waals surface area (Å²) in [6, 6.07) is 13.7. The van der Waals surface area contributed by atoms with E-state index in [-0.39, 0.29) is 6.04 Å². The molecule has 0 saturated heterocycles. The van der Waals surface area contributed by atoms with Gasteiger partial charge in [0.05, 0.1) is 6.04 Å². The summed E-state index contributed by atoms with van der Waals surface area (Å²) in [4.78, 5) is 0. The Bertz CT molecular complexity index is 522. The second-order valence-electron chi connectivity index (χ2n) is 4.04. The van der Waals surface area contributed by atoms with Gasteiger partial charge in [0, 0.05) is 9.50 Å². The SMILES string of the molecule is Cc1ccc(C(N)c2ccc(Cl)cc2)cc1Br. The zero-order valence-corrected chi connectivity index (χ0v) is 11.8. The first kappa shape index (κ1) is 12.6. The van der Waals surface area contributed by atoms with Crippen LogP contribution in [0.4, 0.5) is 0 Å². The predicted octanol–water partition coefficient (Wildman–Crippen LogP) is 4.46. The van der Waals surface area contributed by atoms with E-state index >= 15 is 0 Å². The number of hydrogen-bond donors (Lipinski definition) is 1. The molecule has 88 valence electrons. The molecule has 0 aliphatic heterocycles. The Hall–Kier alpha value is -0.830. The highest BCUT2D eigenvalue weighted by atomic mass is 79.9. The van der Waals surface area contributed by atoms with Crippen LogP contribution in [-0.4, -0.2) is 0 Å². The van der Waals surface area contributed by atoms with Gasteiger partial charge in [0.25, 0.3) is 0 Å². The molecular weight excluding hydrogens is 298 g/mol. The average molecular weight is 311 g/mol. The predicted molar refractivity (Wildman–Crippen MR) is 76.4 cm³/mol. The molecule has 17 heavy (non-hydrogen) atoms. The number of nitrogens with two attached hydrogens (primary N) is 1. The van der Waals surface area contributed by atoms with Crippen molar-refractivity contribution in [2.75, 3.05) is 0 Å². The van der Waals surface area contributed by atoms with Crippen LogP contribution < -0.4 is 5.73 Å². The van der Waals surface area contributed by atoms with Crippen molar-refractivity contribution in [3.05, 3.63) is 68.7 Å². The number of halogens is 2. The van der Waals surface area contributed by atoms with Gasteiger partial charge in [-0.1, -0.05) is 51.8 Å². The highest BCUT2D eigenvalue weighted by Gasteiger charge is 2.09. The molecule has 0 amide bonds. The molecule has 0 aliphatic carbocycles. The lowest BCUT2D eigenvalue weighted by Gasteiger charge is -2.13. The van der Waals surface area contributed by atoms with Crippen LogP contribution in [-0.2, 0) is 0 Å². The minimum Gasteiger partial charge on any atom is -0.320 e. The van der Waals surface area contributed by atoms with Crippen molar-refractivity contribution in [2.24, 2.45) is 5.73 Å². The molecule has 0 saturated carbocycles. The van der Waals surface area contributed by atoms with Crippen LogP contribution in [0.2, 0.25) is 5.02 Å². The molecule has 0 aliphatic rings. The lowest BCUT2D eigenvalue weighted by molar-refractivity contribution is 0.870. The molecule has 0 heterocycles. The van der Waals surface area contributed by atoms with E-state index in [2.05, 4.69) is 41.1 Å². The standard InChI is InChI=1S/C14H13BrClN/c1-9-2-3-11(8-13(9)15)14(17)10-4-6-12(16)7-5-10/h2-8,14H,17H2,1H3. The van der Waals surface area contributed by atoms with E-state index in [9.17, 15) is 0 Å². The first-order valence-corrected chi connectivity index (χ1v) is 6.52. The lowest BCUT2D eigenvalue weighted by Crippen LogP contribution is -2.11. The Morgan fingerprint density at radius 2 is 1.65 bits per heavy atom. The maximum atomic E-state index is 6.22. The van der Waals surface area contributed by atoms with Crippen molar-refractivity contribution in [3.63, 3.8) is 0 Å². The quantitative estimate of drug-likeness (QED) is 0.871. The minimum atomic E-state index is -0.121. The lowest BCUT2D eigenvalue weighted by atomic mass is 9.99. The number of hydrogen-bond acceptors (Lipinski definition) is 1. The van der Waals surface area contributed by atoms with Crippen molar-refractivity contribution in [1.29, 1.82) is 0 Å². The summed E-state index contributed by atoms with van der Waals surface area (Å²) < 4.78 is 1.08.